The average Bonchev–Trinajstić information content (AvgIpc) is 2.68. The van der Waals surface area contributed by atoms with Gasteiger partial charge in [0.25, 0.3) is 0 Å². The molecule has 0 aliphatic rings. The Kier molecular flexibility index (Phi) is 8.29. The molecule has 0 aliphatic carbocycles. The minimum absolute atomic E-state index is 0.0150. The van der Waals surface area contributed by atoms with E-state index in [9.17, 15) is 14.4 Å². The molecule has 2 rings (SSSR count). The molecule has 28 heavy (non-hydrogen) atoms. The van der Waals surface area contributed by atoms with E-state index in [4.69, 9.17) is 25.4 Å². The SMILES string of the molecule is CCC(=O)Nc1ccc(OC)cc1C(=O)O.COc1ccc(N)c(C(=O)O)c1. The van der Waals surface area contributed by atoms with Crippen LogP contribution >= 0.6 is 0 Å². The van der Waals surface area contributed by atoms with Crippen LogP contribution in [-0.4, -0.2) is 42.3 Å². The van der Waals surface area contributed by atoms with Crippen LogP contribution in [0, 0.1) is 0 Å². The Morgan fingerprint density at radius 1 is 0.929 bits per heavy atom. The minimum Gasteiger partial charge on any atom is -0.497 e. The van der Waals surface area contributed by atoms with Crippen LogP contribution < -0.4 is 20.5 Å². The number of carbonyl (C=O) groups excluding carboxylic acids is 1. The molecule has 0 radical (unpaired) electrons. The van der Waals surface area contributed by atoms with Crippen molar-refractivity contribution >= 4 is 29.2 Å². The highest BCUT2D eigenvalue weighted by molar-refractivity contribution is 6.00. The summed E-state index contributed by atoms with van der Waals surface area (Å²) in [6.07, 6.45) is 0.297. The number of nitrogens with two attached hydrogens (primary N) is 1. The average molecular weight is 390 g/mol. The quantitative estimate of drug-likeness (QED) is 0.550. The zero-order valence-electron chi connectivity index (χ0n) is 15.7. The van der Waals surface area contributed by atoms with E-state index < -0.39 is 11.9 Å². The second-order valence-electron chi connectivity index (χ2n) is 5.38. The Morgan fingerprint density at radius 2 is 1.43 bits per heavy atom. The molecule has 0 bridgehead atoms. The molecule has 0 fully saturated rings. The van der Waals surface area contributed by atoms with E-state index in [0.717, 1.165) is 0 Å². The fourth-order valence-electron chi connectivity index (χ4n) is 2.02. The van der Waals surface area contributed by atoms with Crippen molar-refractivity contribution in [2.75, 3.05) is 25.3 Å². The van der Waals surface area contributed by atoms with Crippen molar-refractivity contribution in [2.45, 2.75) is 13.3 Å². The fourth-order valence-corrected chi connectivity index (χ4v) is 2.02. The summed E-state index contributed by atoms with van der Waals surface area (Å²) in [5.41, 5.74) is 6.00. The summed E-state index contributed by atoms with van der Waals surface area (Å²) in [5.74, 6) is -1.46. The third kappa shape index (κ3) is 6.20. The maximum Gasteiger partial charge on any atom is 0.337 e. The Balaban J connectivity index is 0.000000292. The summed E-state index contributed by atoms with van der Waals surface area (Å²) >= 11 is 0. The number of benzene rings is 2. The van der Waals surface area contributed by atoms with Gasteiger partial charge in [0.1, 0.15) is 11.5 Å². The van der Waals surface area contributed by atoms with E-state index in [2.05, 4.69) is 5.32 Å². The van der Waals surface area contributed by atoms with Gasteiger partial charge in [-0.3, -0.25) is 4.79 Å². The fraction of sp³-hybridized carbons (Fsp3) is 0.211. The van der Waals surface area contributed by atoms with Gasteiger partial charge in [-0.15, -0.1) is 0 Å². The first-order valence-electron chi connectivity index (χ1n) is 8.11. The van der Waals surface area contributed by atoms with E-state index in [0.29, 0.717) is 17.9 Å². The Bertz CT molecular complexity index is 865. The minimum atomic E-state index is -1.11. The number of nitrogens with one attached hydrogen (secondary N) is 1. The number of carbonyl (C=O) groups is 3. The number of amides is 1. The second kappa shape index (κ2) is 10.4. The monoisotopic (exact) mass is 390 g/mol. The number of anilines is 2. The van der Waals surface area contributed by atoms with Gasteiger partial charge in [0, 0.05) is 12.1 Å². The maximum atomic E-state index is 11.2. The van der Waals surface area contributed by atoms with Gasteiger partial charge in [0.05, 0.1) is 31.0 Å². The summed E-state index contributed by atoms with van der Waals surface area (Å²) in [5, 5.41) is 20.1. The van der Waals surface area contributed by atoms with E-state index in [1.807, 2.05) is 0 Å². The second-order valence-corrected chi connectivity index (χ2v) is 5.38. The van der Waals surface area contributed by atoms with Crippen LogP contribution in [0.1, 0.15) is 34.1 Å². The molecule has 0 heterocycles. The molecule has 0 unspecified atom stereocenters. The van der Waals surface area contributed by atoms with Crippen LogP contribution in [0.4, 0.5) is 11.4 Å². The largest absolute Gasteiger partial charge is 0.497 e. The van der Waals surface area contributed by atoms with Crippen LogP contribution in [0.3, 0.4) is 0 Å². The van der Waals surface area contributed by atoms with Crippen molar-refractivity contribution in [1.82, 2.24) is 0 Å². The molecule has 1 amide bonds. The molecule has 0 aliphatic heterocycles. The highest BCUT2D eigenvalue weighted by Crippen LogP contribution is 2.22. The van der Waals surface area contributed by atoms with Gasteiger partial charge < -0.3 is 30.7 Å². The summed E-state index contributed by atoms with van der Waals surface area (Å²) in [6, 6.07) is 8.98. The zero-order chi connectivity index (χ0) is 21.3. The molecule has 9 heteroatoms. The van der Waals surface area contributed by atoms with Gasteiger partial charge in [-0.25, -0.2) is 9.59 Å². The van der Waals surface area contributed by atoms with Crippen molar-refractivity contribution in [3.05, 3.63) is 47.5 Å². The number of carboxylic acid groups (broad SMARTS) is 2. The van der Waals surface area contributed by atoms with Crippen LogP contribution in [0.25, 0.3) is 0 Å². The molecule has 2 aromatic rings. The zero-order valence-corrected chi connectivity index (χ0v) is 15.7. The lowest BCUT2D eigenvalue weighted by Crippen LogP contribution is -2.13. The summed E-state index contributed by atoms with van der Waals surface area (Å²) < 4.78 is 9.76. The summed E-state index contributed by atoms with van der Waals surface area (Å²) in [4.78, 5) is 32.7. The van der Waals surface area contributed by atoms with Crippen LogP contribution in [0.5, 0.6) is 11.5 Å². The lowest BCUT2D eigenvalue weighted by molar-refractivity contribution is -0.115. The number of rotatable bonds is 6. The van der Waals surface area contributed by atoms with Crippen molar-refractivity contribution in [3.63, 3.8) is 0 Å². The first kappa shape index (κ1) is 22.3. The first-order valence-corrected chi connectivity index (χ1v) is 8.11. The van der Waals surface area contributed by atoms with Gasteiger partial charge in [-0.2, -0.15) is 0 Å². The lowest BCUT2D eigenvalue weighted by atomic mass is 10.1. The molecule has 0 spiro atoms. The van der Waals surface area contributed by atoms with Crippen molar-refractivity contribution < 1.29 is 34.1 Å². The molecular formula is C19H22N2O7. The Labute approximate surface area is 161 Å². The summed E-state index contributed by atoms with van der Waals surface area (Å²) in [6.45, 7) is 1.69. The van der Waals surface area contributed by atoms with Crippen molar-refractivity contribution in [1.29, 1.82) is 0 Å². The first-order chi connectivity index (χ1) is 13.2. The normalized spacial score (nSPS) is 9.54. The molecule has 0 aromatic heterocycles. The number of methoxy groups -OCH3 is 2. The summed E-state index contributed by atoms with van der Waals surface area (Å²) in [7, 11) is 2.92. The van der Waals surface area contributed by atoms with E-state index in [1.54, 1.807) is 19.1 Å². The molecule has 0 atom stereocenters. The molecule has 150 valence electrons. The van der Waals surface area contributed by atoms with Crippen LogP contribution in [0.15, 0.2) is 36.4 Å². The number of hydrogen-bond donors (Lipinski definition) is 4. The highest BCUT2D eigenvalue weighted by Gasteiger charge is 2.13. The van der Waals surface area contributed by atoms with Gasteiger partial charge in [-0.1, -0.05) is 6.92 Å². The van der Waals surface area contributed by atoms with E-state index >= 15 is 0 Å². The van der Waals surface area contributed by atoms with Crippen molar-refractivity contribution in [2.24, 2.45) is 0 Å². The molecule has 0 saturated heterocycles. The van der Waals surface area contributed by atoms with Crippen molar-refractivity contribution in [3.8, 4) is 11.5 Å². The smallest absolute Gasteiger partial charge is 0.337 e. The predicted octanol–water partition coefficient (Wildman–Crippen LogP) is 2.72. The maximum absolute atomic E-state index is 11.2. The molecule has 9 nitrogen and oxygen atoms in total. The molecule has 2 aromatic carbocycles. The van der Waals surface area contributed by atoms with Gasteiger partial charge in [0.2, 0.25) is 5.91 Å². The highest BCUT2D eigenvalue weighted by atomic mass is 16.5. The van der Waals surface area contributed by atoms with Crippen LogP contribution in [0.2, 0.25) is 0 Å². The number of carboxylic acids is 2. The number of aromatic carboxylic acids is 2. The molecule has 5 N–H and O–H groups in total. The van der Waals surface area contributed by atoms with Crippen LogP contribution in [-0.2, 0) is 4.79 Å². The standard InChI is InChI=1S/C11H13NO4.C8H9NO3/c1-3-10(13)12-9-5-4-7(16-2)6-8(9)11(14)15;1-12-5-2-3-7(9)6(4-5)8(10)11/h4-6H,3H2,1-2H3,(H,12,13)(H,14,15);2-4H,9H2,1H3,(H,10,11). The number of nitrogen functional groups attached to an aromatic ring is 1. The predicted molar refractivity (Wildman–Crippen MR) is 103 cm³/mol. The third-order valence-corrected chi connectivity index (χ3v) is 3.54. The van der Waals surface area contributed by atoms with E-state index in [1.165, 1.54) is 38.5 Å². The number of hydrogen-bond acceptors (Lipinski definition) is 6. The third-order valence-electron chi connectivity index (χ3n) is 3.54. The molecular weight excluding hydrogens is 368 g/mol. The topological polar surface area (TPSA) is 148 Å². The van der Waals surface area contributed by atoms with Gasteiger partial charge in [-0.05, 0) is 36.4 Å². The lowest BCUT2D eigenvalue weighted by Gasteiger charge is -2.09. The molecule has 0 saturated carbocycles. The van der Waals surface area contributed by atoms with Gasteiger partial charge in [0.15, 0.2) is 0 Å². The van der Waals surface area contributed by atoms with Gasteiger partial charge >= 0.3 is 11.9 Å². The Hall–Kier alpha value is -3.75. The van der Waals surface area contributed by atoms with E-state index in [-0.39, 0.29) is 28.4 Å². The Morgan fingerprint density at radius 3 is 1.89 bits per heavy atom. The number of ether oxygens (including phenoxy) is 2.